The minimum absolute atomic E-state index is 0.274. The van der Waals surface area contributed by atoms with Gasteiger partial charge in [0.1, 0.15) is 5.82 Å². The average molecular weight is 454 g/mol. The van der Waals surface area contributed by atoms with Crippen LogP contribution in [0.15, 0.2) is 54.9 Å². The molecule has 9 nitrogen and oxygen atoms in total. The molecule has 0 unspecified atom stereocenters. The van der Waals surface area contributed by atoms with Crippen LogP contribution in [0.2, 0.25) is 0 Å². The minimum Gasteiger partial charge on any atom is -0.478 e. The number of benzene rings is 2. The first kappa shape index (κ1) is 21.4. The second-order valence-electron chi connectivity index (χ2n) is 8.18. The first-order chi connectivity index (χ1) is 16.5. The van der Waals surface area contributed by atoms with Crippen LogP contribution in [-0.4, -0.2) is 46.2 Å². The van der Waals surface area contributed by atoms with E-state index in [0.717, 1.165) is 57.5 Å². The molecule has 0 aliphatic carbocycles. The fraction of sp³-hybridized carbons (Fsp3) is 0.200. The first-order valence-corrected chi connectivity index (χ1v) is 11.1. The van der Waals surface area contributed by atoms with Gasteiger partial charge in [0.15, 0.2) is 0 Å². The summed E-state index contributed by atoms with van der Waals surface area (Å²) in [6.45, 7) is 4.62. The van der Waals surface area contributed by atoms with E-state index in [0.29, 0.717) is 12.4 Å². The molecular weight excluding hydrogens is 430 g/mol. The van der Waals surface area contributed by atoms with Gasteiger partial charge in [-0.05, 0) is 59.0 Å². The van der Waals surface area contributed by atoms with Gasteiger partial charge in [0.05, 0.1) is 16.6 Å². The second kappa shape index (κ2) is 8.86. The van der Waals surface area contributed by atoms with E-state index in [-0.39, 0.29) is 5.56 Å². The van der Waals surface area contributed by atoms with Gasteiger partial charge in [-0.2, -0.15) is 5.21 Å². The minimum atomic E-state index is -0.936. The Morgan fingerprint density at radius 3 is 2.65 bits per heavy atom. The molecule has 3 aromatic heterocycles. The van der Waals surface area contributed by atoms with E-state index >= 15 is 0 Å². The summed E-state index contributed by atoms with van der Waals surface area (Å²) in [5.74, 6) is 0.514. The maximum Gasteiger partial charge on any atom is 0.335 e. The molecule has 170 valence electrons. The number of aromatic carboxylic acids is 1. The Labute approximate surface area is 195 Å². The number of pyridine rings is 1. The van der Waals surface area contributed by atoms with Crippen LogP contribution in [0.3, 0.4) is 0 Å². The quantitative estimate of drug-likeness (QED) is 0.377. The number of aromatic nitrogens is 7. The predicted molar refractivity (Wildman–Crippen MR) is 127 cm³/mol. The molecule has 0 atom stereocenters. The summed E-state index contributed by atoms with van der Waals surface area (Å²) in [4.78, 5) is 20.7. The summed E-state index contributed by atoms with van der Waals surface area (Å²) in [5.41, 5.74) is 6.71. The summed E-state index contributed by atoms with van der Waals surface area (Å²) in [6.07, 6.45) is 5.24. The van der Waals surface area contributed by atoms with Crippen LogP contribution in [0.25, 0.3) is 33.5 Å². The van der Waals surface area contributed by atoms with Gasteiger partial charge in [-0.15, -0.1) is 10.2 Å². The van der Waals surface area contributed by atoms with Crippen LogP contribution >= 0.6 is 0 Å². The molecule has 3 heterocycles. The van der Waals surface area contributed by atoms with Gasteiger partial charge in [-0.25, -0.2) is 9.78 Å². The highest BCUT2D eigenvalue weighted by Gasteiger charge is 2.16. The maximum atomic E-state index is 11.6. The fourth-order valence-electron chi connectivity index (χ4n) is 4.23. The highest BCUT2D eigenvalue weighted by atomic mass is 16.4. The standard InChI is InChI=1S/C25H23N7O2/c1-3-4-22-27-23-15(2)11-18(25(33)34)12-21(23)32(22)14-16-5-7-17(8-6-16)19-9-10-26-13-20(19)24-28-30-31-29-24/h5-13H,3-4,14H2,1-2H3,(H,33,34)(H,28,29,30,31). The van der Waals surface area contributed by atoms with Crippen molar-refractivity contribution in [2.75, 3.05) is 0 Å². The van der Waals surface area contributed by atoms with E-state index in [1.807, 2.05) is 13.0 Å². The molecule has 0 saturated carbocycles. The zero-order valence-corrected chi connectivity index (χ0v) is 18.9. The van der Waals surface area contributed by atoms with Crippen molar-refractivity contribution in [1.29, 1.82) is 0 Å². The number of rotatable bonds is 7. The van der Waals surface area contributed by atoms with Gasteiger partial charge < -0.3 is 9.67 Å². The number of carboxylic acids is 1. The Morgan fingerprint density at radius 1 is 1.12 bits per heavy atom. The number of hydrogen-bond acceptors (Lipinski definition) is 6. The largest absolute Gasteiger partial charge is 0.478 e. The lowest BCUT2D eigenvalue weighted by Gasteiger charge is -2.11. The molecule has 2 aromatic carbocycles. The fourth-order valence-corrected chi connectivity index (χ4v) is 4.23. The number of aryl methyl sites for hydroxylation is 2. The van der Waals surface area contributed by atoms with E-state index in [9.17, 15) is 9.90 Å². The van der Waals surface area contributed by atoms with Crippen LogP contribution in [-0.2, 0) is 13.0 Å². The summed E-state index contributed by atoms with van der Waals surface area (Å²) in [5, 5.41) is 23.8. The van der Waals surface area contributed by atoms with Gasteiger partial charge in [0, 0.05) is 30.9 Å². The van der Waals surface area contributed by atoms with E-state index in [1.54, 1.807) is 24.5 Å². The van der Waals surface area contributed by atoms with Crippen molar-refractivity contribution in [3.63, 3.8) is 0 Å². The van der Waals surface area contributed by atoms with Crippen molar-refractivity contribution >= 4 is 17.0 Å². The van der Waals surface area contributed by atoms with Crippen molar-refractivity contribution in [2.24, 2.45) is 0 Å². The molecule has 0 aliphatic heterocycles. The van der Waals surface area contributed by atoms with Crippen molar-refractivity contribution < 1.29 is 9.90 Å². The second-order valence-corrected chi connectivity index (χ2v) is 8.18. The molecule has 5 aromatic rings. The number of nitrogens with zero attached hydrogens (tertiary/aromatic N) is 6. The van der Waals surface area contributed by atoms with Crippen LogP contribution in [0.1, 0.15) is 40.7 Å². The number of hydrogen-bond donors (Lipinski definition) is 2. The number of tetrazole rings is 1. The summed E-state index contributed by atoms with van der Waals surface area (Å²) >= 11 is 0. The van der Waals surface area contributed by atoms with Crippen LogP contribution in [0.4, 0.5) is 0 Å². The number of carbonyl (C=O) groups is 1. The molecule has 0 radical (unpaired) electrons. The van der Waals surface area contributed by atoms with Gasteiger partial charge >= 0.3 is 5.97 Å². The number of fused-ring (bicyclic) bond motifs is 1. The third-order valence-electron chi connectivity index (χ3n) is 5.86. The summed E-state index contributed by atoms with van der Waals surface area (Å²) in [7, 11) is 0. The number of H-pyrrole nitrogens is 1. The zero-order chi connectivity index (χ0) is 23.7. The van der Waals surface area contributed by atoms with E-state index < -0.39 is 5.97 Å². The van der Waals surface area contributed by atoms with E-state index in [1.165, 1.54) is 0 Å². The van der Waals surface area contributed by atoms with Crippen molar-refractivity contribution in [1.82, 2.24) is 35.2 Å². The van der Waals surface area contributed by atoms with Crippen molar-refractivity contribution in [3.8, 4) is 22.5 Å². The zero-order valence-electron chi connectivity index (χ0n) is 18.9. The monoisotopic (exact) mass is 453 g/mol. The molecule has 0 fully saturated rings. The smallest absolute Gasteiger partial charge is 0.335 e. The number of aromatic amines is 1. The van der Waals surface area contributed by atoms with Crippen LogP contribution in [0.5, 0.6) is 0 Å². The maximum absolute atomic E-state index is 11.6. The Hall–Kier alpha value is -4.40. The summed E-state index contributed by atoms with van der Waals surface area (Å²) in [6, 6.07) is 13.6. The third kappa shape index (κ3) is 3.92. The molecule has 0 amide bonds. The Kier molecular flexibility index (Phi) is 5.59. The summed E-state index contributed by atoms with van der Waals surface area (Å²) < 4.78 is 2.13. The lowest BCUT2D eigenvalue weighted by atomic mass is 10.00. The van der Waals surface area contributed by atoms with Gasteiger partial charge in [-0.3, -0.25) is 4.98 Å². The molecule has 0 aliphatic rings. The highest BCUT2D eigenvalue weighted by Crippen LogP contribution is 2.30. The number of imidazole rings is 1. The number of nitrogens with one attached hydrogen (secondary N) is 1. The molecule has 0 bridgehead atoms. The average Bonchev–Trinajstić information content (AvgIpc) is 3.49. The van der Waals surface area contributed by atoms with Gasteiger partial charge in [0.25, 0.3) is 0 Å². The van der Waals surface area contributed by atoms with E-state index in [4.69, 9.17) is 4.98 Å². The Bertz CT molecular complexity index is 1470. The molecule has 34 heavy (non-hydrogen) atoms. The van der Waals surface area contributed by atoms with E-state index in [2.05, 4.69) is 61.4 Å². The number of carboxylic acid groups (broad SMARTS) is 1. The lowest BCUT2D eigenvalue weighted by Crippen LogP contribution is -2.06. The normalized spacial score (nSPS) is 11.2. The predicted octanol–water partition coefficient (Wildman–Crippen LogP) is 4.29. The van der Waals surface area contributed by atoms with Crippen LogP contribution in [0, 0.1) is 6.92 Å². The first-order valence-electron chi connectivity index (χ1n) is 11.1. The molecule has 9 heteroatoms. The van der Waals surface area contributed by atoms with Crippen molar-refractivity contribution in [2.45, 2.75) is 33.2 Å². The Balaban J connectivity index is 1.52. The molecule has 2 N–H and O–H groups in total. The molecule has 0 spiro atoms. The van der Waals surface area contributed by atoms with Gasteiger partial charge in [0.2, 0.25) is 5.82 Å². The van der Waals surface area contributed by atoms with Crippen molar-refractivity contribution in [3.05, 3.63) is 77.4 Å². The molecule has 5 rings (SSSR count). The van der Waals surface area contributed by atoms with Crippen LogP contribution < -0.4 is 0 Å². The SMILES string of the molecule is CCCc1nc2c(C)cc(C(=O)O)cc2n1Cc1ccc(-c2ccncc2-c2nn[nH]n2)cc1. The lowest BCUT2D eigenvalue weighted by molar-refractivity contribution is 0.0697. The topological polar surface area (TPSA) is 122 Å². The molecule has 0 saturated heterocycles. The third-order valence-corrected chi connectivity index (χ3v) is 5.86. The van der Waals surface area contributed by atoms with Gasteiger partial charge in [-0.1, -0.05) is 31.2 Å². The Morgan fingerprint density at radius 2 is 1.94 bits per heavy atom. The highest BCUT2D eigenvalue weighted by molar-refractivity contribution is 5.94. The molecular formula is C25H23N7O2.